The summed E-state index contributed by atoms with van der Waals surface area (Å²) in [5, 5.41) is 0. The van der Waals surface area contributed by atoms with Crippen LogP contribution < -0.4 is 29.6 Å². The van der Waals surface area contributed by atoms with Crippen molar-refractivity contribution in [3.8, 4) is 0 Å². The van der Waals surface area contributed by atoms with Crippen molar-refractivity contribution in [1.29, 1.82) is 0 Å². The van der Waals surface area contributed by atoms with Crippen LogP contribution in [0, 0.1) is 0 Å². The molecule has 0 aliphatic carbocycles. The maximum atomic E-state index is 11.8. The Bertz CT molecular complexity index is 645. The minimum absolute atomic E-state index is 0. The van der Waals surface area contributed by atoms with Crippen LogP contribution in [0.4, 0.5) is 0 Å². The molecule has 0 fully saturated rings. The van der Waals surface area contributed by atoms with E-state index in [1.807, 2.05) is 0 Å². The summed E-state index contributed by atoms with van der Waals surface area (Å²) in [5.41, 5.74) is -0.364. The number of carbonyl (C=O) groups is 2. The zero-order valence-corrected chi connectivity index (χ0v) is 14.3. The van der Waals surface area contributed by atoms with Gasteiger partial charge < -0.3 is 10.9 Å². The molecule has 21 heavy (non-hydrogen) atoms. The van der Waals surface area contributed by atoms with Gasteiger partial charge in [-0.2, -0.15) is 8.42 Å². The molecule has 0 aliphatic rings. The van der Waals surface area contributed by atoms with Crippen molar-refractivity contribution in [3.63, 3.8) is 0 Å². The smallest absolute Gasteiger partial charge is 1.00 e. The monoisotopic (exact) mass is 324 g/mol. The van der Waals surface area contributed by atoms with Gasteiger partial charge in [-0.3, -0.25) is 4.55 Å². The van der Waals surface area contributed by atoms with Crippen LogP contribution in [-0.2, 0) is 24.4 Å². The minimum atomic E-state index is -4.57. The second-order valence-corrected chi connectivity index (χ2v) is 4.98. The number of benzene rings is 1. The van der Waals surface area contributed by atoms with Crippen molar-refractivity contribution >= 4 is 22.1 Å². The molecule has 0 heterocycles. The third-order valence-electron chi connectivity index (χ3n) is 2.11. The molecule has 1 aromatic carbocycles. The van der Waals surface area contributed by atoms with E-state index in [1.54, 1.807) is 0 Å². The molecule has 0 amide bonds. The van der Waals surface area contributed by atoms with E-state index in [0.29, 0.717) is 0 Å². The Kier molecular flexibility index (Phi) is 7.83. The van der Waals surface area contributed by atoms with Crippen molar-refractivity contribution in [2.45, 2.75) is 18.1 Å². The normalized spacial score (nSPS) is 11.7. The van der Waals surface area contributed by atoms with Crippen LogP contribution in [0.1, 0.15) is 18.7 Å². The van der Waals surface area contributed by atoms with Crippen molar-refractivity contribution in [2.75, 3.05) is 0 Å². The summed E-state index contributed by atoms with van der Waals surface area (Å²) in [6.07, 6.45) is -0.348. The number of hydrogen-bond acceptors (Lipinski definition) is 6. The predicted molar refractivity (Wildman–Crippen MR) is 68.5 cm³/mol. The fourth-order valence-electron chi connectivity index (χ4n) is 1.31. The van der Waals surface area contributed by atoms with Crippen molar-refractivity contribution < 1.29 is 63.0 Å². The topological polar surface area (TPSA) is 107 Å². The van der Waals surface area contributed by atoms with Crippen molar-refractivity contribution in [2.24, 2.45) is 0 Å². The Labute approximate surface area is 145 Å². The zero-order chi connectivity index (χ0) is 15.3. The number of ether oxygens (including phenoxy) is 2. The van der Waals surface area contributed by atoms with Crippen LogP contribution in [0.5, 0.6) is 0 Å². The molecule has 7 nitrogen and oxygen atoms in total. The Balaban J connectivity index is 0. The van der Waals surface area contributed by atoms with Crippen LogP contribution in [0.15, 0.2) is 41.8 Å². The Hall–Kier alpha value is -1.19. The Morgan fingerprint density at radius 2 is 1.90 bits per heavy atom. The summed E-state index contributed by atoms with van der Waals surface area (Å²) in [4.78, 5) is 22.1. The quantitative estimate of drug-likeness (QED) is 0.226. The second-order valence-electron chi connectivity index (χ2n) is 3.59. The van der Waals surface area contributed by atoms with Gasteiger partial charge in [-0.25, -0.2) is 9.59 Å². The summed E-state index contributed by atoms with van der Waals surface area (Å²) < 4.78 is 40.6. The molecule has 0 aromatic heterocycles. The summed E-state index contributed by atoms with van der Waals surface area (Å²) in [6, 6.07) is 4.94. The van der Waals surface area contributed by atoms with E-state index in [0.717, 1.165) is 18.2 Å². The van der Waals surface area contributed by atoms with E-state index in [-0.39, 0.29) is 36.5 Å². The van der Waals surface area contributed by atoms with Crippen LogP contribution in [-0.4, -0.2) is 31.2 Å². The SMILES string of the molecule is C=CC(=O)OC(C)OC(=O)c1ccccc1S(=O)(=O)O.[H-].[Na+]. The largest absolute Gasteiger partial charge is 1.00 e. The van der Waals surface area contributed by atoms with Gasteiger partial charge in [0.05, 0.1) is 5.56 Å². The van der Waals surface area contributed by atoms with Gasteiger partial charge in [-0.1, -0.05) is 18.7 Å². The molecular weight excluding hydrogens is 311 g/mol. The predicted octanol–water partition coefficient (Wildman–Crippen LogP) is -1.72. The zero-order valence-electron chi connectivity index (χ0n) is 12.5. The van der Waals surface area contributed by atoms with Gasteiger partial charge in [0.15, 0.2) is 0 Å². The molecule has 0 aliphatic heterocycles. The molecule has 1 rings (SSSR count). The molecular formula is C12H13NaO7S. The first-order valence-corrected chi connectivity index (χ1v) is 6.80. The molecule has 0 spiro atoms. The van der Waals surface area contributed by atoms with Crippen LogP contribution in [0.3, 0.4) is 0 Å². The van der Waals surface area contributed by atoms with Crippen molar-refractivity contribution in [1.82, 2.24) is 0 Å². The Morgan fingerprint density at radius 3 is 2.43 bits per heavy atom. The second kappa shape index (κ2) is 8.30. The Morgan fingerprint density at radius 1 is 1.33 bits per heavy atom. The van der Waals surface area contributed by atoms with Crippen LogP contribution >= 0.6 is 0 Å². The fourth-order valence-corrected chi connectivity index (χ4v) is 1.99. The summed E-state index contributed by atoms with van der Waals surface area (Å²) in [6.45, 7) is 4.44. The van der Waals surface area contributed by atoms with Gasteiger partial charge >= 0.3 is 41.5 Å². The molecule has 0 saturated carbocycles. The average molecular weight is 324 g/mol. The molecule has 1 unspecified atom stereocenters. The summed E-state index contributed by atoms with van der Waals surface area (Å²) in [7, 11) is -4.57. The van der Waals surface area contributed by atoms with Crippen LogP contribution in [0.25, 0.3) is 0 Å². The number of rotatable bonds is 5. The minimum Gasteiger partial charge on any atom is -1.00 e. The first kappa shape index (κ1) is 19.8. The maximum absolute atomic E-state index is 11.8. The van der Waals surface area contributed by atoms with E-state index in [9.17, 15) is 18.0 Å². The van der Waals surface area contributed by atoms with Gasteiger partial charge in [0, 0.05) is 13.0 Å². The molecule has 9 heteroatoms. The molecule has 1 N–H and O–H groups in total. The summed E-state index contributed by atoms with van der Waals surface area (Å²) in [5.74, 6) is -1.85. The fraction of sp³-hybridized carbons (Fsp3) is 0.167. The van der Waals surface area contributed by atoms with Crippen molar-refractivity contribution in [3.05, 3.63) is 42.5 Å². The number of hydrogen-bond donors (Lipinski definition) is 1. The standard InChI is InChI=1S/C12H12O7S.Na.H/c1-3-11(13)18-8(2)19-12(14)9-6-4-5-7-10(9)20(15,16)17;;/h3-8H,1H2,2H3,(H,15,16,17);;/q;+1;-1. The summed E-state index contributed by atoms with van der Waals surface area (Å²) >= 11 is 0. The molecule has 1 atom stereocenters. The van der Waals surface area contributed by atoms with E-state index in [4.69, 9.17) is 9.29 Å². The molecule has 110 valence electrons. The third kappa shape index (κ3) is 5.98. The van der Waals surface area contributed by atoms with Gasteiger partial charge in [-0.15, -0.1) is 0 Å². The molecule has 0 saturated heterocycles. The first-order valence-electron chi connectivity index (χ1n) is 5.36. The first-order chi connectivity index (χ1) is 9.25. The van der Waals surface area contributed by atoms with E-state index < -0.39 is 33.2 Å². The molecule has 0 bridgehead atoms. The average Bonchev–Trinajstić information content (AvgIpc) is 2.37. The maximum Gasteiger partial charge on any atom is 1.00 e. The van der Waals surface area contributed by atoms with E-state index in [2.05, 4.69) is 11.3 Å². The number of carbonyl (C=O) groups excluding carboxylic acids is 2. The van der Waals surface area contributed by atoms with Gasteiger partial charge in [0.2, 0.25) is 6.29 Å². The molecule has 0 radical (unpaired) electrons. The van der Waals surface area contributed by atoms with E-state index >= 15 is 0 Å². The number of esters is 2. The van der Waals surface area contributed by atoms with Gasteiger partial charge in [0.1, 0.15) is 4.90 Å². The van der Waals surface area contributed by atoms with Gasteiger partial charge in [-0.05, 0) is 12.1 Å². The van der Waals surface area contributed by atoms with Gasteiger partial charge in [0.25, 0.3) is 10.1 Å². The van der Waals surface area contributed by atoms with Crippen LogP contribution in [0.2, 0.25) is 0 Å². The third-order valence-corrected chi connectivity index (χ3v) is 3.02. The van der Waals surface area contributed by atoms with E-state index in [1.165, 1.54) is 19.1 Å². The molecule has 1 aromatic rings.